The SMILES string of the molecule is COC[C@@H]1CCCCN1C(=O)C[C@H](C)c1ccccc1OC. The molecule has 4 nitrogen and oxygen atoms in total. The number of likely N-dealkylation sites (tertiary alicyclic amines) is 1. The molecule has 2 atom stereocenters. The molecule has 1 aromatic rings. The first-order valence-corrected chi connectivity index (χ1v) is 8.08. The van der Waals surface area contributed by atoms with Crippen LogP contribution in [-0.4, -0.2) is 44.2 Å². The van der Waals surface area contributed by atoms with Gasteiger partial charge in [0, 0.05) is 20.1 Å². The predicted octanol–water partition coefficient (Wildman–Crippen LogP) is 3.22. The number of rotatable bonds is 6. The molecule has 0 aliphatic carbocycles. The monoisotopic (exact) mass is 305 g/mol. The van der Waals surface area contributed by atoms with Crippen molar-refractivity contribution in [1.29, 1.82) is 0 Å². The molecule has 2 rings (SSSR count). The molecule has 0 spiro atoms. The highest BCUT2D eigenvalue weighted by Gasteiger charge is 2.28. The summed E-state index contributed by atoms with van der Waals surface area (Å²) in [5.41, 5.74) is 1.10. The maximum Gasteiger partial charge on any atom is 0.223 e. The van der Waals surface area contributed by atoms with Crippen LogP contribution in [0.4, 0.5) is 0 Å². The summed E-state index contributed by atoms with van der Waals surface area (Å²) in [5, 5.41) is 0. The van der Waals surface area contributed by atoms with Crippen molar-refractivity contribution >= 4 is 5.91 Å². The van der Waals surface area contributed by atoms with Gasteiger partial charge in [-0.25, -0.2) is 0 Å². The van der Waals surface area contributed by atoms with E-state index in [4.69, 9.17) is 9.47 Å². The molecule has 0 N–H and O–H groups in total. The molecule has 22 heavy (non-hydrogen) atoms. The molecule has 0 bridgehead atoms. The second-order valence-electron chi connectivity index (χ2n) is 6.04. The zero-order valence-corrected chi connectivity index (χ0v) is 13.9. The summed E-state index contributed by atoms with van der Waals surface area (Å²) < 4.78 is 10.7. The van der Waals surface area contributed by atoms with E-state index in [9.17, 15) is 4.79 Å². The fraction of sp³-hybridized carbons (Fsp3) is 0.611. The van der Waals surface area contributed by atoms with Crippen LogP contribution in [0, 0.1) is 0 Å². The van der Waals surface area contributed by atoms with Crippen LogP contribution < -0.4 is 4.74 Å². The zero-order chi connectivity index (χ0) is 15.9. The number of benzene rings is 1. The predicted molar refractivity (Wildman–Crippen MR) is 87.3 cm³/mol. The summed E-state index contributed by atoms with van der Waals surface area (Å²) in [7, 11) is 3.38. The molecule has 1 amide bonds. The van der Waals surface area contributed by atoms with Gasteiger partial charge in [0.25, 0.3) is 0 Å². The van der Waals surface area contributed by atoms with E-state index in [1.165, 1.54) is 6.42 Å². The van der Waals surface area contributed by atoms with Gasteiger partial charge < -0.3 is 14.4 Å². The number of hydrogen-bond donors (Lipinski definition) is 0. The summed E-state index contributed by atoms with van der Waals surface area (Å²) in [6.07, 6.45) is 3.83. The average Bonchev–Trinajstić information content (AvgIpc) is 2.55. The fourth-order valence-corrected chi connectivity index (χ4v) is 3.26. The zero-order valence-electron chi connectivity index (χ0n) is 13.9. The van der Waals surface area contributed by atoms with E-state index in [1.807, 2.05) is 29.2 Å². The van der Waals surface area contributed by atoms with Crippen molar-refractivity contribution in [2.45, 2.75) is 44.6 Å². The van der Waals surface area contributed by atoms with Crippen molar-refractivity contribution in [3.63, 3.8) is 0 Å². The molecule has 1 aromatic carbocycles. The summed E-state index contributed by atoms with van der Waals surface area (Å²) in [5.74, 6) is 1.23. The highest BCUT2D eigenvalue weighted by atomic mass is 16.5. The van der Waals surface area contributed by atoms with Gasteiger partial charge >= 0.3 is 0 Å². The molecule has 1 aliphatic heterocycles. The number of ether oxygens (including phenoxy) is 2. The first-order valence-electron chi connectivity index (χ1n) is 8.08. The average molecular weight is 305 g/mol. The van der Waals surface area contributed by atoms with Gasteiger partial charge in [-0.05, 0) is 36.8 Å². The molecule has 1 aliphatic rings. The summed E-state index contributed by atoms with van der Waals surface area (Å²) in [4.78, 5) is 14.7. The largest absolute Gasteiger partial charge is 0.496 e. The van der Waals surface area contributed by atoms with Crippen molar-refractivity contribution in [2.75, 3.05) is 27.4 Å². The second kappa shape index (κ2) is 8.18. The lowest BCUT2D eigenvalue weighted by atomic mass is 9.94. The number of amides is 1. The van der Waals surface area contributed by atoms with Crippen LogP contribution in [0.1, 0.15) is 44.1 Å². The highest BCUT2D eigenvalue weighted by molar-refractivity contribution is 5.77. The molecule has 122 valence electrons. The van der Waals surface area contributed by atoms with Crippen LogP contribution in [0.15, 0.2) is 24.3 Å². The maximum atomic E-state index is 12.7. The van der Waals surface area contributed by atoms with Crippen LogP contribution in [0.2, 0.25) is 0 Å². The Labute approximate surface area is 133 Å². The van der Waals surface area contributed by atoms with Crippen molar-refractivity contribution < 1.29 is 14.3 Å². The third kappa shape index (κ3) is 4.01. The molecular weight excluding hydrogens is 278 g/mol. The Morgan fingerprint density at radius 1 is 1.32 bits per heavy atom. The Morgan fingerprint density at radius 3 is 2.82 bits per heavy atom. The van der Waals surface area contributed by atoms with E-state index in [0.717, 1.165) is 30.7 Å². The van der Waals surface area contributed by atoms with E-state index >= 15 is 0 Å². The lowest BCUT2D eigenvalue weighted by Gasteiger charge is -2.36. The third-order valence-electron chi connectivity index (χ3n) is 4.46. The molecule has 4 heteroatoms. The van der Waals surface area contributed by atoms with Crippen molar-refractivity contribution in [3.8, 4) is 5.75 Å². The first kappa shape index (κ1) is 16.8. The number of hydrogen-bond acceptors (Lipinski definition) is 3. The van der Waals surface area contributed by atoms with Gasteiger partial charge in [0.1, 0.15) is 5.75 Å². The molecule has 0 aromatic heterocycles. The van der Waals surface area contributed by atoms with Gasteiger partial charge in [0.15, 0.2) is 0 Å². The fourth-order valence-electron chi connectivity index (χ4n) is 3.26. The molecule has 0 saturated carbocycles. The lowest BCUT2D eigenvalue weighted by Crippen LogP contribution is -2.46. The second-order valence-corrected chi connectivity index (χ2v) is 6.04. The molecule has 0 radical (unpaired) electrons. The van der Waals surface area contributed by atoms with E-state index in [0.29, 0.717) is 13.0 Å². The summed E-state index contributed by atoms with van der Waals surface area (Å²) in [6, 6.07) is 8.17. The molecule has 1 heterocycles. The number of methoxy groups -OCH3 is 2. The van der Waals surface area contributed by atoms with E-state index in [1.54, 1.807) is 14.2 Å². The summed E-state index contributed by atoms with van der Waals surface area (Å²) >= 11 is 0. The van der Waals surface area contributed by atoms with Crippen molar-refractivity contribution in [2.24, 2.45) is 0 Å². The van der Waals surface area contributed by atoms with Gasteiger partial charge in [-0.3, -0.25) is 4.79 Å². The van der Waals surface area contributed by atoms with Crippen LogP contribution in [0.25, 0.3) is 0 Å². The Hall–Kier alpha value is -1.55. The van der Waals surface area contributed by atoms with Crippen LogP contribution in [0.5, 0.6) is 5.75 Å². The van der Waals surface area contributed by atoms with Crippen LogP contribution >= 0.6 is 0 Å². The maximum absolute atomic E-state index is 12.7. The number of carbonyl (C=O) groups is 1. The Balaban J connectivity index is 2.03. The number of nitrogens with zero attached hydrogens (tertiary/aromatic N) is 1. The normalized spacial score (nSPS) is 19.8. The van der Waals surface area contributed by atoms with Gasteiger partial charge in [-0.1, -0.05) is 25.1 Å². The van der Waals surface area contributed by atoms with E-state index in [2.05, 4.69) is 6.92 Å². The van der Waals surface area contributed by atoms with Gasteiger partial charge in [-0.15, -0.1) is 0 Å². The van der Waals surface area contributed by atoms with E-state index in [-0.39, 0.29) is 17.9 Å². The lowest BCUT2D eigenvalue weighted by molar-refractivity contribution is -0.136. The smallest absolute Gasteiger partial charge is 0.223 e. The minimum Gasteiger partial charge on any atom is -0.496 e. The van der Waals surface area contributed by atoms with Gasteiger partial charge in [0.2, 0.25) is 5.91 Å². The van der Waals surface area contributed by atoms with E-state index < -0.39 is 0 Å². The minimum absolute atomic E-state index is 0.147. The van der Waals surface area contributed by atoms with Gasteiger partial charge in [0.05, 0.1) is 19.8 Å². The van der Waals surface area contributed by atoms with Crippen LogP contribution in [0.3, 0.4) is 0 Å². The topological polar surface area (TPSA) is 38.8 Å². The van der Waals surface area contributed by atoms with Crippen molar-refractivity contribution in [3.05, 3.63) is 29.8 Å². The minimum atomic E-state index is 0.147. The first-order chi connectivity index (χ1) is 10.7. The number of para-hydroxylation sites is 1. The molecule has 1 saturated heterocycles. The number of carbonyl (C=O) groups excluding carboxylic acids is 1. The number of piperidine rings is 1. The molecule has 1 fully saturated rings. The Bertz CT molecular complexity index is 487. The van der Waals surface area contributed by atoms with Gasteiger partial charge in [-0.2, -0.15) is 0 Å². The Morgan fingerprint density at radius 2 is 2.09 bits per heavy atom. The molecular formula is C18H27NO3. The standard InChI is InChI=1S/C18H27NO3/c1-14(16-9-4-5-10-17(16)22-3)12-18(20)19-11-7-6-8-15(19)13-21-2/h4-5,9-10,14-15H,6-8,11-13H2,1-3H3/t14-,15-/m0/s1. The molecule has 0 unspecified atom stereocenters. The Kier molecular flexibility index (Phi) is 6.25. The van der Waals surface area contributed by atoms with Crippen LogP contribution in [-0.2, 0) is 9.53 Å². The third-order valence-corrected chi connectivity index (χ3v) is 4.46. The summed E-state index contributed by atoms with van der Waals surface area (Å²) in [6.45, 7) is 3.57. The highest BCUT2D eigenvalue weighted by Crippen LogP contribution is 2.30. The van der Waals surface area contributed by atoms with Crippen molar-refractivity contribution in [1.82, 2.24) is 4.90 Å². The quantitative estimate of drug-likeness (QED) is 0.810.